The number of carbonyl (C=O) groups excluding carboxylic acids is 4. The molecule has 0 radical (unpaired) electrons. The molecule has 2 rings (SSSR count). The lowest BCUT2D eigenvalue weighted by Crippen LogP contribution is -2.44. The zero-order valence-electron chi connectivity index (χ0n) is 20.1. The van der Waals surface area contributed by atoms with Gasteiger partial charge in [0.15, 0.2) is 11.1 Å². The van der Waals surface area contributed by atoms with Crippen LogP contribution in [0.5, 0.6) is 0 Å². The highest BCUT2D eigenvalue weighted by Gasteiger charge is 2.37. The zero-order chi connectivity index (χ0) is 27.5. The minimum Gasteiger partial charge on any atom is -0.458 e. The second-order valence-electron chi connectivity index (χ2n) is 7.38. The second-order valence-corrected chi connectivity index (χ2v) is 8.41. The van der Waals surface area contributed by atoms with Gasteiger partial charge in [0.2, 0.25) is 0 Å². The molecule has 3 amide bonds. The van der Waals surface area contributed by atoms with E-state index in [1.807, 2.05) is 0 Å². The van der Waals surface area contributed by atoms with E-state index in [-0.39, 0.29) is 48.1 Å². The van der Waals surface area contributed by atoms with E-state index in [0.29, 0.717) is 0 Å². The van der Waals surface area contributed by atoms with Gasteiger partial charge in [0.1, 0.15) is 19.3 Å². The Morgan fingerprint density at radius 3 is 2.32 bits per heavy atom. The van der Waals surface area contributed by atoms with Crippen molar-refractivity contribution in [1.82, 2.24) is 9.96 Å². The molecule has 0 aliphatic carbocycles. The van der Waals surface area contributed by atoms with Gasteiger partial charge in [0, 0.05) is 18.3 Å². The average Bonchev–Trinajstić information content (AvgIpc) is 3.34. The van der Waals surface area contributed by atoms with Gasteiger partial charge in [0.05, 0.1) is 23.6 Å². The maximum absolute atomic E-state index is 13.1. The molecule has 198 valence electrons. The number of ether oxygens (including phenoxy) is 2. The van der Waals surface area contributed by atoms with Crippen LogP contribution in [0, 0.1) is 0 Å². The van der Waals surface area contributed by atoms with E-state index in [4.69, 9.17) is 14.3 Å². The number of nitrogens with one attached hydrogen (secondary N) is 1. The molecule has 1 aliphatic rings. The molecule has 1 heterocycles. The van der Waals surface area contributed by atoms with Crippen LogP contribution in [0.4, 0.5) is 10.5 Å². The first-order valence-electron chi connectivity index (χ1n) is 10.7. The van der Waals surface area contributed by atoms with Gasteiger partial charge in [-0.2, -0.15) is 0 Å². The monoisotopic (exact) mass is 533 g/mol. The van der Waals surface area contributed by atoms with Crippen molar-refractivity contribution in [3.8, 4) is 0 Å². The molecule has 0 spiro atoms. The van der Waals surface area contributed by atoms with Gasteiger partial charge < -0.3 is 19.3 Å². The summed E-state index contributed by atoms with van der Waals surface area (Å²) in [6.45, 7) is 9.92. The normalized spacial score (nSPS) is 15.1. The Balaban J connectivity index is 2.39. The van der Waals surface area contributed by atoms with E-state index in [1.165, 1.54) is 43.5 Å². The lowest BCUT2D eigenvalue weighted by atomic mass is 10.1. The SMILES string of the molecule is C=CCOC(=O)c1cc(NC(=O)[C@@H]2C=C(S(=O)O)CN2C(=O)OCC=C)cc(C(=O)N(C)OCC=C)c1. The number of hydrogen-bond acceptors (Lipinski definition) is 8. The number of esters is 1. The number of anilines is 1. The first-order chi connectivity index (χ1) is 17.6. The minimum absolute atomic E-state index is 0.0173. The Morgan fingerprint density at radius 1 is 1.08 bits per heavy atom. The van der Waals surface area contributed by atoms with E-state index in [9.17, 15) is 27.9 Å². The molecule has 0 bridgehead atoms. The van der Waals surface area contributed by atoms with Crippen LogP contribution in [0.1, 0.15) is 20.7 Å². The van der Waals surface area contributed by atoms with Crippen LogP contribution in [-0.4, -0.2) is 82.1 Å². The molecular formula is C24H27N3O9S. The molecule has 1 aliphatic heterocycles. The predicted octanol–water partition coefficient (Wildman–Crippen LogP) is 2.27. The van der Waals surface area contributed by atoms with E-state index in [1.54, 1.807) is 0 Å². The summed E-state index contributed by atoms with van der Waals surface area (Å²) < 4.78 is 31.0. The summed E-state index contributed by atoms with van der Waals surface area (Å²) in [6.07, 6.45) is 4.38. The fraction of sp³-hybridized carbons (Fsp3) is 0.250. The van der Waals surface area contributed by atoms with Crippen LogP contribution in [0.3, 0.4) is 0 Å². The van der Waals surface area contributed by atoms with Crippen molar-refractivity contribution in [3.63, 3.8) is 0 Å². The number of hydroxylamine groups is 2. The summed E-state index contributed by atoms with van der Waals surface area (Å²) in [5, 5.41) is 3.46. The predicted molar refractivity (Wildman–Crippen MR) is 135 cm³/mol. The van der Waals surface area contributed by atoms with Gasteiger partial charge in [-0.25, -0.2) is 18.9 Å². The third-order valence-corrected chi connectivity index (χ3v) is 5.46. The number of rotatable bonds is 12. The highest BCUT2D eigenvalue weighted by atomic mass is 32.2. The fourth-order valence-electron chi connectivity index (χ4n) is 3.09. The molecule has 12 nitrogen and oxygen atoms in total. The Bertz CT molecular complexity index is 1150. The van der Waals surface area contributed by atoms with Crippen molar-refractivity contribution in [2.75, 3.05) is 38.7 Å². The summed E-state index contributed by atoms with van der Waals surface area (Å²) in [4.78, 5) is 56.9. The summed E-state index contributed by atoms with van der Waals surface area (Å²) >= 11 is -2.43. The van der Waals surface area contributed by atoms with Crippen LogP contribution < -0.4 is 5.32 Å². The third-order valence-electron chi connectivity index (χ3n) is 4.75. The van der Waals surface area contributed by atoms with Crippen molar-refractivity contribution in [1.29, 1.82) is 0 Å². The third kappa shape index (κ3) is 7.96. The first-order valence-corrected chi connectivity index (χ1v) is 11.8. The molecule has 37 heavy (non-hydrogen) atoms. The van der Waals surface area contributed by atoms with E-state index >= 15 is 0 Å². The van der Waals surface area contributed by atoms with E-state index in [2.05, 4.69) is 25.1 Å². The van der Waals surface area contributed by atoms with Crippen molar-refractivity contribution in [2.45, 2.75) is 6.04 Å². The molecule has 0 fully saturated rings. The number of amides is 3. The van der Waals surface area contributed by atoms with Crippen molar-refractivity contribution in [2.24, 2.45) is 0 Å². The van der Waals surface area contributed by atoms with Crippen LogP contribution in [-0.2, 0) is 30.2 Å². The molecule has 13 heteroatoms. The van der Waals surface area contributed by atoms with Gasteiger partial charge in [-0.3, -0.25) is 19.3 Å². The summed E-state index contributed by atoms with van der Waals surface area (Å²) in [5.41, 5.74) is -0.0531. The number of carbonyl (C=O) groups is 4. The van der Waals surface area contributed by atoms with Crippen molar-refractivity contribution < 1.29 is 42.3 Å². The van der Waals surface area contributed by atoms with Crippen LogP contribution in [0.25, 0.3) is 0 Å². The van der Waals surface area contributed by atoms with Crippen LogP contribution in [0.2, 0.25) is 0 Å². The molecule has 0 saturated carbocycles. The van der Waals surface area contributed by atoms with Gasteiger partial charge >= 0.3 is 12.1 Å². The highest BCUT2D eigenvalue weighted by Crippen LogP contribution is 2.23. The lowest BCUT2D eigenvalue weighted by Gasteiger charge is -2.23. The van der Waals surface area contributed by atoms with Crippen molar-refractivity contribution >= 4 is 40.6 Å². The van der Waals surface area contributed by atoms with Crippen LogP contribution >= 0.6 is 0 Å². The second kappa shape index (κ2) is 13.9. The number of nitrogens with zero attached hydrogens (tertiary/aromatic N) is 2. The Hall–Kier alpha value is -4.07. The maximum atomic E-state index is 13.1. The van der Waals surface area contributed by atoms with Crippen molar-refractivity contribution in [3.05, 3.63) is 78.3 Å². The molecule has 2 N–H and O–H groups in total. The average molecular weight is 534 g/mol. The lowest BCUT2D eigenvalue weighted by molar-refractivity contribution is -0.119. The number of benzene rings is 1. The largest absolute Gasteiger partial charge is 0.458 e. The van der Waals surface area contributed by atoms with E-state index in [0.717, 1.165) is 16.0 Å². The molecule has 1 aromatic carbocycles. The minimum atomic E-state index is -2.43. The Labute approximate surface area is 216 Å². The molecular weight excluding hydrogens is 506 g/mol. The summed E-state index contributed by atoms with van der Waals surface area (Å²) in [6, 6.07) is 2.52. The Kier molecular flexibility index (Phi) is 10.9. The quantitative estimate of drug-likeness (QED) is 0.178. The van der Waals surface area contributed by atoms with Gasteiger partial charge in [-0.1, -0.05) is 31.4 Å². The van der Waals surface area contributed by atoms with Crippen LogP contribution in [0.15, 0.2) is 67.1 Å². The molecule has 1 unspecified atom stereocenters. The topological polar surface area (TPSA) is 152 Å². The maximum Gasteiger partial charge on any atom is 0.411 e. The van der Waals surface area contributed by atoms with Gasteiger partial charge in [0.25, 0.3) is 11.8 Å². The van der Waals surface area contributed by atoms with E-state index < -0.39 is 41.0 Å². The summed E-state index contributed by atoms with van der Waals surface area (Å²) in [7, 11) is 1.36. The van der Waals surface area contributed by atoms with Gasteiger partial charge in [-0.05, 0) is 24.3 Å². The highest BCUT2D eigenvalue weighted by molar-refractivity contribution is 7.83. The molecule has 2 atom stereocenters. The first kappa shape index (κ1) is 29.2. The Morgan fingerprint density at radius 2 is 1.70 bits per heavy atom. The molecule has 0 saturated heterocycles. The molecule has 1 aromatic rings. The fourth-order valence-corrected chi connectivity index (χ4v) is 3.58. The molecule has 0 aromatic heterocycles. The smallest absolute Gasteiger partial charge is 0.411 e. The standard InChI is InChI=1S/C24H27N3O9S/c1-5-8-34-23(30)17-11-16(22(29)26(4)36-10-7-3)12-18(13-17)25-21(28)20-14-19(37(32)33)15-27(20)24(31)35-9-6-2/h5-7,11-14,20H,1-3,8-10,15H2,4H3,(H,25,28)(H,32,33)/t20-/m0/s1. The number of hydrogen-bond donors (Lipinski definition) is 2. The zero-order valence-corrected chi connectivity index (χ0v) is 20.9. The summed E-state index contributed by atoms with van der Waals surface area (Å²) in [5.74, 6) is -2.21. The van der Waals surface area contributed by atoms with Gasteiger partial charge in [-0.15, -0.1) is 6.58 Å².